The summed E-state index contributed by atoms with van der Waals surface area (Å²) in [5.41, 5.74) is 2.26. The predicted octanol–water partition coefficient (Wildman–Crippen LogP) is 2.28. The van der Waals surface area contributed by atoms with Crippen LogP contribution in [0.3, 0.4) is 0 Å². The van der Waals surface area contributed by atoms with E-state index in [4.69, 9.17) is 5.11 Å². The van der Waals surface area contributed by atoms with E-state index in [1.54, 1.807) is 41.3 Å². The summed E-state index contributed by atoms with van der Waals surface area (Å²) in [6.45, 7) is 0.986. The van der Waals surface area contributed by atoms with Crippen LogP contribution >= 0.6 is 0 Å². The molecule has 1 saturated heterocycles. The van der Waals surface area contributed by atoms with Crippen molar-refractivity contribution in [2.24, 2.45) is 0 Å². The van der Waals surface area contributed by atoms with Gasteiger partial charge in [-0.15, -0.1) is 0 Å². The number of amides is 3. The molecular weight excluding hydrogens is 349 g/mol. The van der Waals surface area contributed by atoms with Crippen molar-refractivity contribution in [3.8, 4) is 0 Å². The highest BCUT2D eigenvalue weighted by Gasteiger charge is 2.30. The molecule has 0 aliphatic carbocycles. The van der Waals surface area contributed by atoms with Crippen LogP contribution in [0.4, 0.5) is 14.9 Å². The Morgan fingerprint density at radius 3 is 2.33 bits per heavy atom. The Bertz CT molecular complexity index is 791. The Morgan fingerprint density at radius 1 is 1.07 bits per heavy atom. The van der Waals surface area contributed by atoms with Gasteiger partial charge in [0, 0.05) is 18.8 Å². The number of anilines is 1. The molecule has 3 amide bonds. The number of halogens is 1. The summed E-state index contributed by atoms with van der Waals surface area (Å²) in [5, 5.41) is 14.6. The molecule has 1 aliphatic heterocycles. The summed E-state index contributed by atoms with van der Waals surface area (Å²) in [5.74, 6) is -0.319. The number of aliphatic hydroxyl groups excluding tert-OH is 1. The van der Waals surface area contributed by atoms with Crippen molar-refractivity contribution in [2.75, 3.05) is 18.5 Å². The standard InChI is InChI=1S/C20H22FN3O3/c21-16-5-1-15(2-6-16)12-22-20(27)23-17-7-3-14(4-8-17)11-19(26)24-10-9-18(24)13-25/h1-8,18,25H,9-13H2,(H2,22,23,27)/t18-/m1/s1. The first kappa shape index (κ1) is 18.8. The average Bonchev–Trinajstić information content (AvgIpc) is 2.62. The van der Waals surface area contributed by atoms with Crippen LogP contribution in [0.5, 0.6) is 0 Å². The van der Waals surface area contributed by atoms with Crippen LogP contribution in [0.15, 0.2) is 48.5 Å². The number of hydrogen-bond acceptors (Lipinski definition) is 3. The molecule has 1 aliphatic rings. The van der Waals surface area contributed by atoms with Crippen LogP contribution in [-0.4, -0.2) is 41.1 Å². The molecule has 1 fully saturated rings. The number of benzene rings is 2. The number of carbonyl (C=O) groups excluding carboxylic acids is 2. The SMILES string of the molecule is O=C(NCc1ccc(F)cc1)Nc1ccc(CC(=O)N2CC[C@@H]2CO)cc1. The number of likely N-dealkylation sites (tertiary alicyclic amines) is 1. The van der Waals surface area contributed by atoms with Gasteiger partial charge in [-0.1, -0.05) is 24.3 Å². The van der Waals surface area contributed by atoms with E-state index in [0.717, 1.165) is 17.5 Å². The zero-order valence-electron chi connectivity index (χ0n) is 14.8. The van der Waals surface area contributed by atoms with Gasteiger partial charge in [-0.25, -0.2) is 9.18 Å². The number of hydrogen-bond donors (Lipinski definition) is 3. The van der Waals surface area contributed by atoms with E-state index in [9.17, 15) is 14.0 Å². The number of urea groups is 1. The lowest BCUT2D eigenvalue weighted by Gasteiger charge is -2.40. The normalized spacial score (nSPS) is 15.8. The van der Waals surface area contributed by atoms with Gasteiger partial charge in [-0.05, 0) is 41.8 Å². The molecule has 3 rings (SSSR count). The molecule has 1 heterocycles. The smallest absolute Gasteiger partial charge is 0.319 e. The molecule has 0 bridgehead atoms. The molecular formula is C20H22FN3O3. The Morgan fingerprint density at radius 2 is 1.74 bits per heavy atom. The maximum atomic E-state index is 12.9. The lowest BCUT2D eigenvalue weighted by atomic mass is 10.0. The van der Waals surface area contributed by atoms with Crippen molar-refractivity contribution in [3.63, 3.8) is 0 Å². The molecule has 0 unspecified atom stereocenters. The highest BCUT2D eigenvalue weighted by Crippen LogP contribution is 2.19. The number of nitrogens with one attached hydrogen (secondary N) is 2. The molecule has 0 saturated carbocycles. The summed E-state index contributed by atoms with van der Waals surface area (Å²) < 4.78 is 12.9. The van der Waals surface area contributed by atoms with Gasteiger partial charge in [-0.3, -0.25) is 4.79 Å². The van der Waals surface area contributed by atoms with Crippen molar-refractivity contribution in [1.82, 2.24) is 10.2 Å². The minimum atomic E-state index is -0.366. The second kappa shape index (κ2) is 8.64. The lowest BCUT2D eigenvalue weighted by molar-refractivity contribution is -0.139. The van der Waals surface area contributed by atoms with Crippen LogP contribution in [0, 0.1) is 5.82 Å². The summed E-state index contributed by atoms with van der Waals surface area (Å²) in [4.78, 5) is 25.8. The van der Waals surface area contributed by atoms with E-state index in [1.807, 2.05) is 0 Å². The predicted molar refractivity (Wildman–Crippen MR) is 99.6 cm³/mol. The molecule has 2 aromatic rings. The Balaban J connectivity index is 1.46. The van der Waals surface area contributed by atoms with Crippen LogP contribution in [0.25, 0.3) is 0 Å². The van der Waals surface area contributed by atoms with Gasteiger partial charge in [-0.2, -0.15) is 0 Å². The van der Waals surface area contributed by atoms with Gasteiger partial charge in [0.15, 0.2) is 0 Å². The maximum absolute atomic E-state index is 12.9. The fraction of sp³-hybridized carbons (Fsp3) is 0.300. The molecule has 1 atom stereocenters. The minimum Gasteiger partial charge on any atom is -0.394 e. The zero-order valence-corrected chi connectivity index (χ0v) is 14.8. The summed E-state index contributed by atoms with van der Waals surface area (Å²) in [6.07, 6.45) is 1.12. The summed E-state index contributed by atoms with van der Waals surface area (Å²) >= 11 is 0. The topological polar surface area (TPSA) is 81.7 Å². The monoisotopic (exact) mass is 371 g/mol. The van der Waals surface area contributed by atoms with E-state index in [-0.39, 0.29) is 36.8 Å². The zero-order chi connectivity index (χ0) is 19.2. The third kappa shape index (κ3) is 5.04. The highest BCUT2D eigenvalue weighted by molar-refractivity contribution is 5.89. The largest absolute Gasteiger partial charge is 0.394 e. The molecule has 0 aromatic heterocycles. The van der Waals surface area contributed by atoms with Crippen molar-refractivity contribution in [3.05, 3.63) is 65.5 Å². The highest BCUT2D eigenvalue weighted by atomic mass is 19.1. The molecule has 0 radical (unpaired) electrons. The quantitative estimate of drug-likeness (QED) is 0.729. The van der Waals surface area contributed by atoms with Gasteiger partial charge < -0.3 is 20.6 Å². The molecule has 142 valence electrons. The molecule has 2 aromatic carbocycles. The van der Waals surface area contributed by atoms with Gasteiger partial charge >= 0.3 is 6.03 Å². The fourth-order valence-electron chi connectivity index (χ4n) is 2.90. The van der Waals surface area contributed by atoms with E-state index in [2.05, 4.69) is 10.6 Å². The third-order valence-corrected chi connectivity index (χ3v) is 4.61. The van der Waals surface area contributed by atoms with Crippen LogP contribution in [0.2, 0.25) is 0 Å². The third-order valence-electron chi connectivity index (χ3n) is 4.61. The van der Waals surface area contributed by atoms with E-state index in [1.165, 1.54) is 12.1 Å². The fourth-order valence-corrected chi connectivity index (χ4v) is 2.90. The summed E-state index contributed by atoms with van der Waals surface area (Å²) in [6, 6.07) is 12.6. The number of carbonyl (C=O) groups is 2. The van der Waals surface area contributed by atoms with Gasteiger partial charge in [0.2, 0.25) is 5.91 Å². The van der Waals surface area contributed by atoms with Gasteiger partial charge in [0.1, 0.15) is 5.82 Å². The molecule has 7 heteroatoms. The molecule has 3 N–H and O–H groups in total. The second-order valence-electron chi connectivity index (χ2n) is 6.52. The summed E-state index contributed by atoms with van der Waals surface area (Å²) in [7, 11) is 0. The second-order valence-corrected chi connectivity index (χ2v) is 6.52. The van der Waals surface area contributed by atoms with Crippen LogP contribution in [-0.2, 0) is 17.8 Å². The first-order valence-electron chi connectivity index (χ1n) is 8.83. The Labute approximate surface area is 157 Å². The average molecular weight is 371 g/mol. The van der Waals surface area contributed by atoms with Gasteiger partial charge in [0.25, 0.3) is 0 Å². The van der Waals surface area contributed by atoms with Crippen molar-refractivity contribution < 1.29 is 19.1 Å². The van der Waals surface area contributed by atoms with E-state index in [0.29, 0.717) is 18.8 Å². The molecule has 6 nitrogen and oxygen atoms in total. The first-order valence-corrected chi connectivity index (χ1v) is 8.83. The Kier molecular flexibility index (Phi) is 6.03. The maximum Gasteiger partial charge on any atom is 0.319 e. The number of aliphatic hydroxyl groups is 1. The molecule has 27 heavy (non-hydrogen) atoms. The first-order chi connectivity index (χ1) is 13.0. The number of nitrogens with zero attached hydrogens (tertiary/aromatic N) is 1. The van der Waals surface area contributed by atoms with Crippen molar-refractivity contribution >= 4 is 17.6 Å². The van der Waals surface area contributed by atoms with E-state index < -0.39 is 0 Å². The minimum absolute atomic E-state index is 0.00162. The van der Waals surface area contributed by atoms with Crippen molar-refractivity contribution in [2.45, 2.75) is 25.4 Å². The van der Waals surface area contributed by atoms with Gasteiger partial charge in [0.05, 0.1) is 19.1 Å². The van der Waals surface area contributed by atoms with Crippen LogP contribution < -0.4 is 10.6 Å². The lowest BCUT2D eigenvalue weighted by Crippen LogP contribution is -2.53. The van der Waals surface area contributed by atoms with Crippen LogP contribution in [0.1, 0.15) is 17.5 Å². The molecule has 0 spiro atoms. The number of rotatable bonds is 6. The van der Waals surface area contributed by atoms with Crippen molar-refractivity contribution in [1.29, 1.82) is 0 Å². The van der Waals surface area contributed by atoms with E-state index >= 15 is 0 Å². The Hall–Kier alpha value is -2.93.